The van der Waals surface area contributed by atoms with Gasteiger partial charge in [0.1, 0.15) is 17.5 Å². The maximum Gasteiger partial charge on any atom is 0.137 e. The van der Waals surface area contributed by atoms with E-state index in [-0.39, 0.29) is 0 Å². The lowest BCUT2D eigenvalue weighted by molar-refractivity contribution is 0.122. The Morgan fingerprint density at radius 1 is 1.29 bits per heavy atom. The van der Waals surface area contributed by atoms with Crippen molar-refractivity contribution in [3.8, 4) is 0 Å². The molecule has 1 aliphatic heterocycles. The van der Waals surface area contributed by atoms with Gasteiger partial charge in [-0.15, -0.1) is 0 Å². The zero-order valence-corrected chi connectivity index (χ0v) is 10.6. The summed E-state index contributed by atoms with van der Waals surface area (Å²) in [4.78, 5) is 11.2. The largest absolute Gasteiger partial charge is 0.383 e. The highest BCUT2D eigenvalue weighted by Gasteiger charge is 2.17. The van der Waals surface area contributed by atoms with E-state index in [2.05, 4.69) is 21.8 Å². The Hall–Kier alpha value is -1.36. The van der Waals surface area contributed by atoms with Gasteiger partial charge < -0.3 is 15.4 Å². The van der Waals surface area contributed by atoms with Crippen LogP contribution in [-0.4, -0.2) is 36.3 Å². The van der Waals surface area contributed by atoms with Gasteiger partial charge in [-0.25, -0.2) is 9.97 Å². The van der Waals surface area contributed by atoms with Gasteiger partial charge in [0, 0.05) is 25.1 Å². The molecule has 0 atom stereocenters. The molecular formula is C12H20N4O. The molecule has 0 bridgehead atoms. The number of morpholine rings is 1. The number of hydrogen-bond donors (Lipinski definition) is 1. The van der Waals surface area contributed by atoms with Gasteiger partial charge in [0.2, 0.25) is 0 Å². The van der Waals surface area contributed by atoms with Crippen LogP contribution in [0, 0.1) is 6.92 Å². The Labute approximate surface area is 102 Å². The third-order valence-corrected chi connectivity index (χ3v) is 2.99. The normalized spacial score (nSPS) is 16.2. The Kier molecular flexibility index (Phi) is 3.78. The smallest absolute Gasteiger partial charge is 0.137 e. The molecule has 1 aliphatic rings. The highest BCUT2D eigenvalue weighted by molar-refractivity contribution is 5.56. The van der Waals surface area contributed by atoms with E-state index in [0.717, 1.165) is 56.4 Å². The van der Waals surface area contributed by atoms with Crippen molar-refractivity contribution in [3.05, 3.63) is 11.4 Å². The van der Waals surface area contributed by atoms with Crippen molar-refractivity contribution in [2.75, 3.05) is 36.9 Å². The zero-order valence-electron chi connectivity index (χ0n) is 10.6. The first kappa shape index (κ1) is 12.1. The predicted molar refractivity (Wildman–Crippen MR) is 68.2 cm³/mol. The Balaban J connectivity index is 2.29. The van der Waals surface area contributed by atoms with E-state index in [1.807, 2.05) is 6.92 Å². The van der Waals surface area contributed by atoms with Gasteiger partial charge >= 0.3 is 0 Å². The van der Waals surface area contributed by atoms with Crippen LogP contribution in [-0.2, 0) is 11.2 Å². The molecule has 0 saturated carbocycles. The highest BCUT2D eigenvalue weighted by Crippen LogP contribution is 2.22. The number of aromatic nitrogens is 2. The summed E-state index contributed by atoms with van der Waals surface area (Å²) in [6.07, 6.45) is 1.91. The molecule has 2 rings (SSSR count). The van der Waals surface area contributed by atoms with E-state index < -0.39 is 0 Å². The number of nitrogens with zero attached hydrogens (tertiary/aromatic N) is 3. The van der Waals surface area contributed by atoms with Gasteiger partial charge in [0.15, 0.2) is 0 Å². The van der Waals surface area contributed by atoms with E-state index in [4.69, 9.17) is 10.5 Å². The first-order chi connectivity index (χ1) is 8.22. The van der Waals surface area contributed by atoms with E-state index in [0.29, 0.717) is 5.82 Å². The number of rotatable bonds is 3. The molecular weight excluding hydrogens is 216 g/mol. The molecule has 1 saturated heterocycles. The molecule has 1 aromatic heterocycles. The van der Waals surface area contributed by atoms with E-state index in [1.54, 1.807) is 0 Å². The molecule has 0 aliphatic carbocycles. The fourth-order valence-corrected chi connectivity index (χ4v) is 1.99. The average molecular weight is 236 g/mol. The van der Waals surface area contributed by atoms with Crippen LogP contribution in [0.15, 0.2) is 0 Å². The van der Waals surface area contributed by atoms with Crippen LogP contribution in [0.1, 0.15) is 24.7 Å². The molecule has 2 heterocycles. The van der Waals surface area contributed by atoms with Gasteiger partial charge in [-0.2, -0.15) is 0 Å². The van der Waals surface area contributed by atoms with Gasteiger partial charge in [0.05, 0.1) is 13.2 Å². The third-order valence-electron chi connectivity index (χ3n) is 2.99. The van der Waals surface area contributed by atoms with Crippen LogP contribution < -0.4 is 10.6 Å². The second kappa shape index (κ2) is 5.31. The van der Waals surface area contributed by atoms with Crippen molar-refractivity contribution in [3.63, 3.8) is 0 Å². The quantitative estimate of drug-likeness (QED) is 0.853. The summed E-state index contributed by atoms with van der Waals surface area (Å²) in [5.41, 5.74) is 6.93. The molecule has 5 heteroatoms. The van der Waals surface area contributed by atoms with E-state index in [1.165, 1.54) is 0 Å². The summed E-state index contributed by atoms with van der Waals surface area (Å²) in [6.45, 7) is 7.37. The van der Waals surface area contributed by atoms with Crippen molar-refractivity contribution in [1.82, 2.24) is 9.97 Å². The minimum atomic E-state index is 0.602. The maximum absolute atomic E-state index is 5.95. The van der Waals surface area contributed by atoms with Gasteiger partial charge in [-0.3, -0.25) is 0 Å². The molecule has 1 fully saturated rings. The molecule has 94 valence electrons. The fraction of sp³-hybridized carbons (Fsp3) is 0.667. The Morgan fingerprint density at radius 3 is 2.65 bits per heavy atom. The maximum atomic E-state index is 5.95. The van der Waals surface area contributed by atoms with Crippen molar-refractivity contribution in [1.29, 1.82) is 0 Å². The zero-order chi connectivity index (χ0) is 12.3. The van der Waals surface area contributed by atoms with Crippen molar-refractivity contribution >= 4 is 11.6 Å². The standard InChI is InChI=1S/C12H20N4O/c1-3-4-10-14-11(13)9(2)12(15-10)16-5-7-17-8-6-16/h3-8H2,1-2H3,(H2,13,14,15). The van der Waals surface area contributed by atoms with Crippen LogP contribution in [0.5, 0.6) is 0 Å². The van der Waals surface area contributed by atoms with Crippen molar-refractivity contribution < 1.29 is 4.74 Å². The molecule has 0 aromatic carbocycles. The molecule has 17 heavy (non-hydrogen) atoms. The number of aryl methyl sites for hydroxylation is 1. The van der Waals surface area contributed by atoms with Crippen molar-refractivity contribution in [2.45, 2.75) is 26.7 Å². The molecule has 0 spiro atoms. The summed E-state index contributed by atoms with van der Waals surface area (Å²) in [6, 6.07) is 0. The summed E-state index contributed by atoms with van der Waals surface area (Å²) in [5.74, 6) is 2.42. The number of nitrogens with two attached hydrogens (primary N) is 1. The van der Waals surface area contributed by atoms with Crippen LogP contribution in [0.25, 0.3) is 0 Å². The van der Waals surface area contributed by atoms with Crippen LogP contribution in [0.4, 0.5) is 11.6 Å². The van der Waals surface area contributed by atoms with Gasteiger partial charge in [-0.1, -0.05) is 6.92 Å². The average Bonchev–Trinajstić information content (AvgIpc) is 2.35. The number of hydrogen-bond acceptors (Lipinski definition) is 5. The minimum Gasteiger partial charge on any atom is -0.383 e. The molecule has 5 nitrogen and oxygen atoms in total. The highest BCUT2D eigenvalue weighted by atomic mass is 16.5. The number of anilines is 2. The number of nitrogen functional groups attached to an aromatic ring is 1. The summed E-state index contributed by atoms with van der Waals surface area (Å²) in [5, 5.41) is 0. The van der Waals surface area contributed by atoms with Crippen LogP contribution in [0.2, 0.25) is 0 Å². The molecule has 1 aromatic rings. The monoisotopic (exact) mass is 236 g/mol. The third kappa shape index (κ3) is 2.66. The van der Waals surface area contributed by atoms with E-state index in [9.17, 15) is 0 Å². The lowest BCUT2D eigenvalue weighted by Crippen LogP contribution is -2.37. The summed E-state index contributed by atoms with van der Waals surface area (Å²) < 4.78 is 5.35. The molecule has 0 unspecified atom stereocenters. The lowest BCUT2D eigenvalue weighted by Gasteiger charge is -2.29. The lowest BCUT2D eigenvalue weighted by atomic mass is 10.2. The summed E-state index contributed by atoms with van der Waals surface area (Å²) in [7, 11) is 0. The van der Waals surface area contributed by atoms with Crippen LogP contribution in [0.3, 0.4) is 0 Å². The molecule has 0 amide bonds. The first-order valence-corrected chi connectivity index (χ1v) is 6.18. The first-order valence-electron chi connectivity index (χ1n) is 6.18. The Bertz CT molecular complexity index is 388. The van der Waals surface area contributed by atoms with E-state index >= 15 is 0 Å². The second-order valence-electron chi connectivity index (χ2n) is 4.32. The van der Waals surface area contributed by atoms with Crippen LogP contribution >= 0.6 is 0 Å². The predicted octanol–water partition coefficient (Wildman–Crippen LogP) is 1.16. The van der Waals surface area contributed by atoms with Crippen molar-refractivity contribution in [2.24, 2.45) is 0 Å². The Morgan fingerprint density at radius 2 is 2.00 bits per heavy atom. The minimum absolute atomic E-state index is 0.602. The fourth-order valence-electron chi connectivity index (χ4n) is 1.99. The van der Waals surface area contributed by atoms with Gasteiger partial charge in [0.25, 0.3) is 0 Å². The van der Waals surface area contributed by atoms with Gasteiger partial charge in [-0.05, 0) is 13.3 Å². The molecule has 0 radical (unpaired) electrons. The number of ether oxygens (including phenoxy) is 1. The SMILES string of the molecule is CCCc1nc(N)c(C)c(N2CCOCC2)n1. The topological polar surface area (TPSA) is 64.3 Å². The second-order valence-corrected chi connectivity index (χ2v) is 4.32. The summed E-state index contributed by atoms with van der Waals surface area (Å²) >= 11 is 0. The molecule has 2 N–H and O–H groups in total.